The Balaban J connectivity index is 0. The Morgan fingerprint density at radius 2 is 0.669 bits per heavy atom. The molecule has 136 heavy (non-hydrogen) atoms. The van der Waals surface area contributed by atoms with Crippen LogP contribution in [0.3, 0.4) is 0 Å². The van der Waals surface area contributed by atoms with E-state index in [1.807, 2.05) is 24.3 Å². The Morgan fingerprint density at radius 1 is 0.382 bits per heavy atom. The lowest BCUT2D eigenvalue weighted by Crippen LogP contribution is -2.26. The Morgan fingerprint density at radius 3 is 0.949 bits per heavy atom. The SMILES string of the molecule is BrBr.CC(C)OP(=O)(/C=C/c1ccc(F)c(F)c1)OC(C)C.CC(C)OP(=O)(CP(=O)(OC(C)C)OC(C)C)OC(C)C.CC(C)OP(=O)(OC(C)C)/C(Br)=C/c1ccc(F)c(F)c1.CC(C)OP(=O)(OC(C)C)/C(Br)=C\c1ccc(F)c(F)c1.CC(C)OP(=O)(OC(C)C)C(Br)C(Br)c1ccc(F)c(F)c1.CCN(CC)CC.O=Cc1ccc(F)c(F)c1.OB(O)c1cc2ccccc2s1. The van der Waals surface area contributed by atoms with Gasteiger partial charge in [0.1, 0.15) is 19.3 Å². The first kappa shape index (κ1) is 135. The molecule has 2 unspecified atom stereocenters. The number of benzene rings is 6. The van der Waals surface area contributed by atoms with Crippen molar-refractivity contribution in [2.45, 2.75) is 270 Å². The first-order valence-electron chi connectivity index (χ1n) is 42.7. The third kappa shape index (κ3) is 56.0. The van der Waals surface area contributed by atoms with Gasteiger partial charge < -0.3 is 69.2 Å². The number of aldehydes is 1. The lowest BCUT2D eigenvalue weighted by Gasteiger charge is -2.29. The number of carbonyl (C=O) groups excluding carboxylic acids is 1. The first-order valence-corrected chi connectivity index (χ1v) is 60.4. The second-order valence-corrected chi connectivity index (χ2v) is 50.8. The molecule has 2 atom stereocenters. The minimum atomic E-state index is -3.58. The second-order valence-electron chi connectivity index (χ2n) is 32.0. The highest BCUT2D eigenvalue weighted by Gasteiger charge is 2.44. The molecule has 0 bridgehead atoms. The Labute approximate surface area is 850 Å². The Bertz CT molecular complexity index is 4850. The summed E-state index contributed by atoms with van der Waals surface area (Å²) in [6.07, 6.45) is 0.914. The molecule has 7 rings (SSSR count). The van der Waals surface area contributed by atoms with Gasteiger partial charge in [0.15, 0.2) is 64.1 Å². The summed E-state index contributed by atoms with van der Waals surface area (Å²) < 4.78 is 272. The van der Waals surface area contributed by atoms with Gasteiger partial charge in [-0.2, -0.15) is 0 Å². The average molecular weight is 2460 g/mol. The molecule has 0 saturated heterocycles. The highest BCUT2D eigenvalue weighted by Crippen LogP contribution is 2.67. The summed E-state index contributed by atoms with van der Waals surface area (Å²) in [7, 11) is -22.5. The van der Waals surface area contributed by atoms with Gasteiger partial charge in [-0.25, -0.2) is 43.9 Å². The van der Waals surface area contributed by atoms with Crippen molar-refractivity contribution in [3.8, 4) is 0 Å². The molecule has 0 radical (unpaired) electrons. The van der Waals surface area contributed by atoms with E-state index in [0.717, 1.165) is 70.7 Å². The molecule has 1 heterocycles. The molecule has 0 aliphatic heterocycles. The maximum Gasteiger partial charge on any atom is 0.499 e. The predicted octanol–water partition coefficient (Wildman–Crippen LogP) is 33.0. The van der Waals surface area contributed by atoms with Gasteiger partial charge in [-0.15, -0.1) is 11.3 Å². The predicted molar refractivity (Wildman–Crippen MR) is 553 cm³/mol. The number of thiophene rings is 1. The molecule has 0 saturated carbocycles. The maximum atomic E-state index is 13.4. The largest absolute Gasteiger partial charge is 0.499 e. The molecule has 0 spiro atoms. The summed E-state index contributed by atoms with van der Waals surface area (Å²) in [6, 6.07) is 26.2. The van der Waals surface area contributed by atoms with Crippen molar-refractivity contribution in [1.82, 2.24) is 4.90 Å². The molecule has 2 N–H and O–H groups in total. The van der Waals surface area contributed by atoms with Crippen LogP contribution in [0.25, 0.3) is 28.3 Å². The molecule has 46 heteroatoms. The van der Waals surface area contributed by atoms with Gasteiger partial charge in [0.05, 0.1) is 78.1 Å². The van der Waals surface area contributed by atoms with Crippen LogP contribution in [-0.2, 0) is 81.7 Å². The molecule has 1 aromatic heterocycles. The van der Waals surface area contributed by atoms with Gasteiger partial charge >= 0.3 is 52.7 Å². The van der Waals surface area contributed by atoms with Gasteiger partial charge in [0.2, 0.25) is 0 Å². The number of carbonyl (C=O) groups is 1. The van der Waals surface area contributed by atoms with Crippen LogP contribution in [0.15, 0.2) is 136 Å². The van der Waals surface area contributed by atoms with E-state index in [-0.39, 0.29) is 93.2 Å². The van der Waals surface area contributed by atoms with E-state index >= 15 is 0 Å². The van der Waals surface area contributed by atoms with Crippen molar-refractivity contribution in [3.05, 3.63) is 222 Å². The summed E-state index contributed by atoms with van der Waals surface area (Å²) in [5.41, 5.74) is 1.64. The minimum Gasteiger partial charge on any atom is -0.423 e. The van der Waals surface area contributed by atoms with E-state index in [0.29, 0.717) is 33.3 Å². The van der Waals surface area contributed by atoms with Crippen LogP contribution in [0.5, 0.6) is 0 Å². The van der Waals surface area contributed by atoms with Crippen LogP contribution < -0.4 is 4.78 Å². The minimum absolute atomic E-state index is 0.138. The molecular formula is C90H130BBr6F10NO21P6S. The topological polar surface area (TPSA) is 274 Å². The number of halogens is 16. The standard InChI is InChI=1S/C14H19Br2F2O3P.2C14H18BrF2O3P.C14H19F2O3P.C13H30O6P2.C8H7BO2S.C7H4F2O.C6H15N.Br2/c1-8(2)20-22(19,21-9(3)4)14(16)13(15)10-5-6-11(17)12(18)7-10;2*1-9(2)19-21(18,20-10(3)4)14(15)8-11-5-6-12(16)13(17)7-11;1-10(2)18-20(17,19-11(3)4)8-7-12-5-6-13(15)14(16)9-12;1-10(2)16-20(14,17-11(3)4)9-21(15,18-12(5)6)19-13(7)8;10-9(11)8-5-6-3-1-2-4-7(6)12-8;8-6-2-1-5(4-10)3-7(6)9;1-4-7(5-2)6-3;1-2/h5-9,13-14H,1-4H3;2*5-10H,1-4H3;5-11H,1-4H3;10-13H,9H2,1-8H3;1-5,10-11H;1-4H;4-6H2,1-3H3;/b;14-8+;14-8-;8-7+;;;;;. The van der Waals surface area contributed by atoms with E-state index in [1.165, 1.54) is 85.3 Å². The van der Waals surface area contributed by atoms with Gasteiger partial charge in [-0.3, -0.25) is 32.2 Å². The van der Waals surface area contributed by atoms with E-state index in [2.05, 4.69) is 118 Å². The smallest absolute Gasteiger partial charge is 0.423 e. The maximum absolute atomic E-state index is 13.4. The Hall–Kier alpha value is -2.81. The summed E-state index contributed by atoms with van der Waals surface area (Å²) in [6.45, 7) is 51.9. The number of rotatable bonds is 40. The lowest BCUT2D eigenvalue weighted by atomic mass is 9.89. The fourth-order valence-corrected chi connectivity index (χ4v) is 27.2. The highest BCUT2D eigenvalue weighted by atomic mass is 80.9. The number of hydrogen-bond donors (Lipinski definition) is 2. The summed E-state index contributed by atoms with van der Waals surface area (Å²) in [4.78, 5) is 11.8. The van der Waals surface area contributed by atoms with Gasteiger partial charge in [-0.05, 0) is 342 Å². The molecule has 6 aromatic carbocycles. The first-order chi connectivity index (χ1) is 62.8. The van der Waals surface area contributed by atoms with Crippen molar-refractivity contribution in [2.24, 2.45) is 0 Å². The van der Waals surface area contributed by atoms with Crippen LogP contribution in [-0.4, -0.2) is 132 Å². The quantitative estimate of drug-likeness (QED) is 0.0119. The van der Waals surface area contributed by atoms with E-state index in [9.17, 15) is 76.1 Å². The molecule has 0 amide bonds. The van der Waals surface area contributed by atoms with Crippen LogP contribution in [0, 0.1) is 58.2 Å². The zero-order valence-corrected chi connectivity index (χ0v) is 96.9. The molecule has 22 nitrogen and oxygen atoms in total. The van der Waals surface area contributed by atoms with Crippen molar-refractivity contribution < 1.29 is 140 Å². The normalized spacial score (nSPS) is 12.8. The van der Waals surface area contributed by atoms with Crippen LogP contribution in [0.2, 0.25) is 0 Å². The monoisotopic (exact) mass is 2450 g/mol. The van der Waals surface area contributed by atoms with E-state index in [1.54, 1.807) is 172 Å². The zero-order valence-electron chi connectivity index (χ0n) is 81.2. The number of hydrogen-bond acceptors (Lipinski definition) is 23. The third-order valence-electron chi connectivity index (χ3n) is 15.0. The second kappa shape index (κ2) is 67.8. The van der Waals surface area contributed by atoms with Crippen molar-refractivity contribution >= 4 is 195 Å². The van der Waals surface area contributed by atoms with Crippen LogP contribution in [0.1, 0.15) is 224 Å². The molecular weight excluding hydrogens is 2330 g/mol. The van der Waals surface area contributed by atoms with Gasteiger partial charge in [-0.1, -0.05) is 95.1 Å². The summed E-state index contributed by atoms with van der Waals surface area (Å²) in [5, 5.41) is 18.8. The molecule has 0 aliphatic rings. The third-order valence-corrected chi connectivity index (χ3v) is 37.5. The van der Waals surface area contributed by atoms with E-state index in [4.69, 9.17) is 64.3 Å². The zero-order chi connectivity index (χ0) is 105. The molecule has 0 aliphatic carbocycles. The van der Waals surface area contributed by atoms with Gasteiger partial charge in [0, 0.05) is 49.1 Å². The molecule has 772 valence electrons. The number of alkyl halides is 2. The van der Waals surface area contributed by atoms with Crippen LogP contribution in [0.4, 0.5) is 43.9 Å². The van der Waals surface area contributed by atoms with Crippen LogP contribution >= 0.6 is 149 Å². The summed E-state index contributed by atoms with van der Waals surface area (Å²) in [5.74, 6) is -8.69. The Kier molecular flexibility index (Phi) is 67.4. The highest BCUT2D eigenvalue weighted by molar-refractivity contribution is 9.93. The van der Waals surface area contributed by atoms with E-state index < -0.39 is 120 Å². The van der Waals surface area contributed by atoms with Crippen molar-refractivity contribution in [1.29, 1.82) is 0 Å². The average Bonchev–Trinajstić information content (AvgIpc) is 1.08. The van der Waals surface area contributed by atoms with Crippen molar-refractivity contribution in [3.63, 3.8) is 0 Å². The molecule has 0 fully saturated rings. The summed E-state index contributed by atoms with van der Waals surface area (Å²) >= 11 is 19.9. The lowest BCUT2D eigenvalue weighted by molar-refractivity contribution is 0.112. The fraction of sp³-hybridized carbons (Fsp3) is 0.500. The fourth-order valence-electron chi connectivity index (χ4n) is 10.3. The van der Waals surface area contributed by atoms with Gasteiger partial charge in [0.25, 0.3) is 0 Å². The van der Waals surface area contributed by atoms with Crippen molar-refractivity contribution in [2.75, 3.05) is 25.5 Å². The number of nitrogens with zero attached hydrogens (tertiary/aromatic N) is 1. The molecule has 7 aromatic rings. The number of fused-ring (bicyclic) bond motifs is 1.